The molecule has 3 aromatic heterocycles. The lowest BCUT2D eigenvalue weighted by atomic mass is 9.93. The number of aromatic nitrogens is 3. The van der Waals surface area contributed by atoms with E-state index < -0.39 is 12.0 Å². The third kappa shape index (κ3) is 4.94. The first-order valence-corrected chi connectivity index (χ1v) is 12.3. The van der Waals surface area contributed by atoms with Crippen molar-refractivity contribution in [3.05, 3.63) is 66.1 Å². The van der Waals surface area contributed by atoms with Crippen molar-refractivity contribution in [2.75, 3.05) is 10.6 Å². The van der Waals surface area contributed by atoms with Crippen molar-refractivity contribution in [3.63, 3.8) is 0 Å². The number of amides is 2. The maximum atomic E-state index is 12.4. The number of nitrogens with zero attached hydrogens (tertiary/aromatic N) is 3. The smallest absolute Gasteiger partial charge is 0.324 e. The van der Waals surface area contributed by atoms with Crippen LogP contribution in [0.3, 0.4) is 0 Å². The van der Waals surface area contributed by atoms with Crippen molar-refractivity contribution in [1.29, 1.82) is 0 Å². The van der Waals surface area contributed by atoms with Crippen molar-refractivity contribution in [2.45, 2.75) is 39.0 Å². The minimum atomic E-state index is -0.807. The number of hydrogen-bond donors (Lipinski definition) is 3. The van der Waals surface area contributed by atoms with E-state index in [1.54, 1.807) is 17.4 Å². The molecule has 2 aromatic carbocycles. The normalized spacial score (nSPS) is 11.8. The van der Waals surface area contributed by atoms with Gasteiger partial charge in [0.2, 0.25) is 0 Å². The summed E-state index contributed by atoms with van der Waals surface area (Å²) in [5.41, 5.74) is 4.15. The highest BCUT2D eigenvalue weighted by atomic mass is 32.1. The van der Waals surface area contributed by atoms with Crippen LogP contribution < -0.4 is 10.6 Å². The average molecular weight is 504 g/mol. The summed E-state index contributed by atoms with van der Waals surface area (Å²) in [7, 11) is 0. The molecule has 0 bridgehead atoms. The van der Waals surface area contributed by atoms with E-state index in [-0.39, 0.29) is 11.8 Å². The van der Waals surface area contributed by atoms with Crippen molar-refractivity contribution < 1.29 is 19.2 Å². The van der Waals surface area contributed by atoms with E-state index in [1.807, 2.05) is 73.8 Å². The van der Waals surface area contributed by atoms with Gasteiger partial charge in [-0.2, -0.15) is 0 Å². The van der Waals surface area contributed by atoms with Crippen LogP contribution in [0.5, 0.6) is 0 Å². The molecule has 184 valence electrons. The second kappa shape index (κ2) is 9.12. The maximum absolute atomic E-state index is 12.4. The number of urea groups is 1. The second-order valence-electron chi connectivity index (χ2n) is 9.56. The summed E-state index contributed by atoms with van der Waals surface area (Å²) in [5, 5.41) is 18.3. The van der Waals surface area contributed by atoms with Gasteiger partial charge in [0.25, 0.3) is 0 Å². The number of benzene rings is 2. The standard InChI is InChI=1S/C26H25N5O4S/c1-26(2,3)21-13-22(30-35-21)29-24(34)27-17-8-6-16(7-9-17)18-14-31-19-12-15(5-11-23(32)33)4-10-20(19)36-25(31)28-18/h4,6-10,12-14H,5,11H2,1-3H3,(H,32,33)(H2,27,29,30,34). The fourth-order valence-electron chi connectivity index (χ4n) is 3.78. The van der Waals surface area contributed by atoms with Gasteiger partial charge < -0.3 is 14.9 Å². The molecule has 5 aromatic rings. The van der Waals surface area contributed by atoms with Gasteiger partial charge in [-0.05, 0) is 36.2 Å². The number of carbonyl (C=O) groups excluding carboxylic acids is 1. The molecule has 10 heteroatoms. The minimum absolute atomic E-state index is 0.100. The van der Waals surface area contributed by atoms with Gasteiger partial charge in [0.1, 0.15) is 5.76 Å². The number of thiazole rings is 1. The zero-order valence-electron chi connectivity index (χ0n) is 20.0. The lowest BCUT2D eigenvalue weighted by molar-refractivity contribution is -0.136. The third-order valence-corrected chi connectivity index (χ3v) is 6.75. The fraction of sp³-hybridized carbons (Fsp3) is 0.231. The average Bonchev–Trinajstić information content (AvgIpc) is 3.53. The topological polar surface area (TPSA) is 122 Å². The van der Waals surface area contributed by atoms with E-state index in [2.05, 4.69) is 15.8 Å². The third-order valence-electron chi connectivity index (χ3n) is 5.71. The van der Waals surface area contributed by atoms with Crippen LogP contribution in [0.15, 0.2) is 59.3 Å². The van der Waals surface area contributed by atoms with Crippen molar-refractivity contribution >= 4 is 50.0 Å². The fourth-order valence-corrected chi connectivity index (χ4v) is 4.77. The Morgan fingerprint density at radius 3 is 2.56 bits per heavy atom. The molecule has 0 saturated carbocycles. The van der Waals surface area contributed by atoms with Crippen LogP contribution in [0.2, 0.25) is 0 Å². The zero-order chi connectivity index (χ0) is 25.4. The summed E-state index contributed by atoms with van der Waals surface area (Å²) in [5.74, 6) is 0.232. The van der Waals surface area contributed by atoms with Gasteiger partial charge >= 0.3 is 12.0 Å². The monoisotopic (exact) mass is 503 g/mol. The molecule has 0 radical (unpaired) electrons. The van der Waals surface area contributed by atoms with E-state index in [0.717, 1.165) is 32.0 Å². The van der Waals surface area contributed by atoms with Crippen molar-refractivity contribution in [3.8, 4) is 11.3 Å². The maximum Gasteiger partial charge on any atom is 0.324 e. The van der Waals surface area contributed by atoms with Gasteiger partial charge in [0.15, 0.2) is 10.8 Å². The Morgan fingerprint density at radius 2 is 1.86 bits per heavy atom. The largest absolute Gasteiger partial charge is 0.481 e. The number of carboxylic acids is 1. The van der Waals surface area contributed by atoms with Gasteiger partial charge in [0.05, 0.1) is 15.9 Å². The predicted molar refractivity (Wildman–Crippen MR) is 140 cm³/mol. The number of aryl methyl sites for hydroxylation is 1. The van der Waals surface area contributed by atoms with E-state index in [9.17, 15) is 9.59 Å². The van der Waals surface area contributed by atoms with E-state index in [0.29, 0.717) is 23.7 Å². The second-order valence-corrected chi connectivity index (χ2v) is 10.6. The molecule has 0 aliphatic heterocycles. The highest BCUT2D eigenvalue weighted by Gasteiger charge is 2.20. The Balaban J connectivity index is 1.29. The first-order chi connectivity index (χ1) is 17.2. The molecule has 2 amide bonds. The Hall–Kier alpha value is -4.18. The van der Waals surface area contributed by atoms with Crippen LogP contribution in [0.4, 0.5) is 16.3 Å². The van der Waals surface area contributed by atoms with Crippen LogP contribution in [0.25, 0.3) is 26.4 Å². The highest BCUT2D eigenvalue weighted by Crippen LogP contribution is 2.31. The van der Waals surface area contributed by atoms with Gasteiger partial charge in [0, 0.05) is 35.3 Å². The van der Waals surface area contributed by atoms with Crippen LogP contribution >= 0.6 is 11.3 Å². The van der Waals surface area contributed by atoms with E-state index in [4.69, 9.17) is 14.6 Å². The molecule has 36 heavy (non-hydrogen) atoms. The molecule has 3 N–H and O–H groups in total. The van der Waals surface area contributed by atoms with E-state index in [1.165, 1.54) is 0 Å². The molecule has 0 aliphatic carbocycles. The molecule has 3 heterocycles. The summed E-state index contributed by atoms with van der Waals surface area (Å²) in [4.78, 5) is 28.9. The van der Waals surface area contributed by atoms with Crippen LogP contribution in [0.1, 0.15) is 38.5 Å². The van der Waals surface area contributed by atoms with Gasteiger partial charge in [-0.15, -0.1) is 0 Å². The van der Waals surface area contributed by atoms with Crippen LogP contribution in [0, 0.1) is 0 Å². The molecule has 0 atom stereocenters. The molecular formula is C26H25N5O4S. The number of nitrogens with one attached hydrogen (secondary N) is 2. The number of carbonyl (C=O) groups is 2. The summed E-state index contributed by atoms with van der Waals surface area (Å²) in [6, 6.07) is 14.7. The lowest BCUT2D eigenvalue weighted by Gasteiger charge is -2.12. The van der Waals surface area contributed by atoms with E-state index >= 15 is 0 Å². The SMILES string of the molecule is CC(C)(C)c1cc(NC(=O)Nc2ccc(-c3cn4c(n3)sc3ccc(CCC(=O)O)cc34)cc2)no1. The van der Waals surface area contributed by atoms with Gasteiger partial charge in [-0.1, -0.05) is 55.5 Å². The number of anilines is 2. The quantitative estimate of drug-likeness (QED) is 0.255. The first kappa shape index (κ1) is 23.6. The number of aliphatic carboxylic acids is 1. The predicted octanol–water partition coefficient (Wildman–Crippen LogP) is 6.16. The highest BCUT2D eigenvalue weighted by molar-refractivity contribution is 7.23. The lowest BCUT2D eigenvalue weighted by Crippen LogP contribution is -2.19. The zero-order valence-corrected chi connectivity index (χ0v) is 20.8. The molecule has 5 rings (SSSR count). The first-order valence-electron chi connectivity index (χ1n) is 11.4. The molecule has 9 nitrogen and oxygen atoms in total. The Morgan fingerprint density at radius 1 is 1.08 bits per heavy atom. The van der Waals surface area contributed by atoms with Crippen LogP contribution in [-0.4, -0.2) is 31.6 Å². The van der Waals surface area contributed by atoms with Crippen LogP contribution in [-0.2, 0) is 16.6 Å². The number of fused-ring (bicyclic) bond motifs is 3. The Labute approximate surface area is 210 Å². The summed E-state index contributed by atoms with van der Waals surface area (Å²) < 4.78 is 8.42. The Bertz CT molecular complexity index is 1570. The summed E-state index contributed by atoms with van der Waals surface area (Å²) >= 11 is 1.58. The molecule has 0 unspecified atom stereocenters. The summed E-state index contributed by atoms with van der Waals surface area (Å²) in [6.07, 6.45) is 2.56. The minimum Gasteiger partial charge on any atom is -0.481 e. The molecule has 0 aliphatic rings. The van der Waals surface area contributed by atoms with Gasteiger partial charge in [-0.25, -0.2) is 9.78 Å². The molecule has 0 spiro atoms. The van der Waals surface area contributed by atoms with Gasteiger partial charge in [-0.3, -0.25) is 14.5 Å². The molecule has 0 saturated heterocycles. The van der Waals surface area contributed by atoms with Crippen molar-refractivity contribution in [2.24, 2.45) is 0 Å². The molecular weight excluding hydrogens is 478 g/mol. The number of rotatable bonds is 6. The Kier molecular flexibility index (Phi) is 5.97. The number of carboxylic acid groups (broad SMARTS) is 1. The molecule has 0 fully saturated rings. The van der Waals surface area contributed by atoms with Crippen molar-refractivity contribution in [1.82, 2.24) is 14.5 Å². The number of imidazole rings is 1. The number of hydrogen-bond acceptors (Lipinski definition) is 6. The summed E-state index contributed by atoms with van der Waals surface area (Å²) in [6.45, 7) is 6.01.